The van der Waals surface area contributed by atoms with Crippen molar-refractivity contribution in [2.45, 2.75) is 19.6 Å². The highest BCUT2D eigenvalue weighted by Gasteiger charge is 2.17. The third-order valence-electron chi connectivity index (χ3n) is 3.31. The highest BCUT2D eigenvalue weighted by atomic mass is 79.9. The van der Waals surface area contributed by atoms with Crippen LogP contribution in [-0.4, -0.2) is 53.7 Å². The molecule has 0 aliphatic carbocycles. The molecular formula is C14H21BrN2O. The number of piperazine rings is 1. The van der Waals surface area contributed by atoms with E-state index in [0.717, 1.165) is 43.7 Å². The molecule has 0 radical (unpaired) electrons. The summed E-state index contributed by atoms with van der Waals surface area (Å²) in [6.45, 7) is 7.96. The number of benzene rings is 1. The van der Waals surface area contributed by atoms with E-state index in [4.69, 9.17) is 0 Å². The van der Waals surface area contributed by atoms with E-state index in [0.29, 0.717) is 0 Å². The van der Waals surface area contributed by atoms with E-state index in [1.807, 2.05) is 6.92 Å². The smallest absolute Gasteiger partial charge is 0.0639 e. The summed E-state index contributed by atoms with van der Waals surface area (Å²) < 4.78 is 1.13. The summed E-state index contributed by atoms with van der Waals surface area (Å²) in [5.74, 6) is 0. The predicted octanol–water partition coefficient (Wildman–Crippen LogP) is 1.95. The second-order valence-corrected chi connectivity index (χ2v) is 5.97. The van der Waals surface area contributed by atoms with Crippen LogP contribution in [0, 0.1) is 0 Å². The van der Waals surface area contributed by atoms with Crippen LogP contribution < -0.4 is 0 Å². The Morgan fingerprint density at radius 2 is 1.67 bits per heavy atom. The fourth-order valence-corrected chi connectivity index (χ4v) is 2.62. The first-order valence-electron chi connectivity index (χ1n) is 6.51. The van der Waals surface area contributed by atoms with Crippen molar-refractivity contribution in [3.8, 4) is 0 Å². The number of aliphatic hydroxyl groups excluding tert-OH is 1. The number of aliphatic hydroxyl groups is 1. The standard InChI is InChI=1S/C14H21BrN2O/c1-12(18)10-16-6-8-17(9-7-16)11-13-2-4-14(15)5-3-13/h2-5,12,18H,6-11H2,1H3. The SMILES string of the molecule is CC(O)CN1CCN(Cc2ccc(Br)cc2)CC1. The van der Waals surface area contributed by atoms with Crippen molar-refractivity contribution >= 4 is 15.9 Å². The van der Waals surface area contributed by atoms with E-state index in [9.17, 15) is 5.11 Å². The van der Waals surface area contributed by atoms with E-state index in [1.54, 1.807) is 0 Å². The predicted molar refractivity (Wildman–Crippen MR) is 77.5 cm³/mol. The number of hydrogen-bond donors (Lipinski definition) is 1. The van der Waals surface area contributed by atoms with Gasteiger partial charge in [-0.2, -0.15) is 0 Å². The third kappa shape index (κ3) is 4.35. The molecule has 1 unspecified atom stereocenters. The lowest BCUT2D eigenvalue weighted by Crippen LogP contribution is -2.47. The van der Waals surface area contributed by atoms with Crippen molar-refractivity contribution in [2.24, 2.45) is 0 Å². The van der Waals surface area contributed by atoms with Gasteiger partial charge >= 0.3 is 0 Å². The molecule has 1 atom stereocenters. The Morgan fingerprint density at radius 3 is 2.22 bits per heavy atom. The zero-order valence-corrected chi connectivity index (χ0v) is 12.4. The van der Waals surface area contributed by atoms with Gasteiger partial charge in [0.25, 0.3) is 0 Å². The van der Waals surface area contributed by atoms with Gasteiger partial charge in [-0.25, -0.2) is 0 Å². The molecule has 4 heteroatoms. The minimum atomic E-state index is -0.219. The minimum Gasteiger partial charge on any atom is -0.392 e. The number of nitrogens with zero attached hydrogens (tertiary/aromatic N) is 2. The summed E-state index contributed by atoms with van der Waals surface area (Å²) in [5.41, 5.74) is 1.36. The van der Waals surface area contributed by atoms with Crippen LogP contribution in [0.3, 0.4) is 0 Å². The number of β-amino-alcohol motifs (C(OH)–C–C–N with tert-alkyl or cyclic N) is 1. The average Bonchev–Trinajstić information content (AvgIpc) is 2.34. The number of hydrogen-bond acceptors (Lipinski definition) is 3. The summed E-state index contributed by atoms with van der Waals surface area (Å²) in [7, 11) is 0. The molecule has 3 nitrogen and oxygen atoms in total. The molecule has 100 valence electrons. The Labute approximate surface area is 118 Å². The summed E-state index contributed by atoms with van der Waals surface area (Å²) in [4.78, 5) is 4.81. The van der Waals surface area contributed by atoms with Crippen LogP contribution in [-0.2, 0) is 6.54 Å². The van der Waals surface area contributed by atoms with Gasteiger partial charge in [0.1, 0.15) is 0 Å². The molecule has 1 saturated heterocycles. The van der Waals surface area contributed by atoms with Gasteiger partial charge in [-0.15, -0.1) is 0 Å². The third-order valence-corrected chi connectivity index (χ3v) is 3.84. The monoisotopic (exact) mass is 312 g/mol. The molecule has 1 heterocycles. The highest BCUT2D eigenvalue weighted by molar-refractivity contribution is 9.10. The van der Waals surface area contributed by atoms with Crippen molar-refractivity contribution in [2.75, 3.05) is 32.7 Å². The van der Waals surface area contributed by atoms with Gasteiger partial charge in [0.2, 0.25) is 0 Å². The molecule has 0 amide bonds. The van der Waals surface area contributed by atoms with E-state index >= 15 is 0 Å². The fourth-order valence-electron chi connectivity index (χ4n) is 2.35. The van der Waals surface area contributed by atoms with Gasteiger partial charge in [-0.1, -0.05) is 28.1 Å². The lowest BCUT2D eigenvalue weighted by atomic mass is 10.2. The summed E-state index contributed by atoms with van der Waals surface area (Å²) in [5, 5.41) is 9.37. The van der Waals surface area contributed by atoms with Crippen molar-refractivity contribution in [1.82, 2.24) is 9.80 Å². The van der Waals surface area contributed by atoms with Crippen LogP contribution in [0.4, 0.5) is 0 Å². The van der Waals surface area contributed by atoms with Crippen molar-refractivity contribution in [3.63, 3.8) is 0 Å². The van der Waals surface area contributed by atoms with E-state index < -0.39 is 0 Å². The van der Waals surface area contributed by atoms with Crippen molar-refractivity contribution in [3.05, 3.63) is 34.3 Å². The van der Waals surface area contributed by atoms with Gasteiger partial charge in [0, 0.05) is 43.7 Å². The lowest BCUT2D eigenvalue weighted by Gasteiger charge is -2.35. The second-order valence-electron chi connectivity index (χ2n) is 5.05. The molecule has 1 N–H and O–H groups in total. The van der Waals surface area contributed by atoms with Crippen LogP contribution in [0.1, 0.15) is 12.5 Å². The number of halogens is 1. The van der Waals surface area contributed by atoms with Gasteiger partial charge in [0.05, 0.1) is 6.10 Å². The molecule has 1 aliphatic rings. The maximum Gasteiger partial charge on any atom is 0.0639 e. The molecule has 0 aromatic heterocycles. The largest absolute Gasteiger partial charge is 0.392 e. The summed E-state index contributed by atoms with van der Waals surface area (Å²) >= 11 is 3.46. The maximum absolute atomic E-state index is 9.37. The lowest BCUT2D eigenvalue weighted by molar-refractivity contribution is 0.0781. The van der Waals surface area contributed by atoms with Crippen LogP contribution in [0.25, 0.3) is 0 Å². The average molecular weight is 313 g/mol. The molecule has 1 aliphatic heterocycles. The Morgan fingerprint density at radius 1 is 1.11 bits per heavy atom. The topological polar surface area (TPSA) is 26.7 Å². The Balaban J connectivity index is 1.78. The van der Waals surface area contributed by atoms with Crippen LogP contribution >= 0.6 is 15.9 Å². The molecule has 0 saturated carbocycles. The van der Waals surface area contributed by atoms with Gasteiger partial charge in [0.15, 0.2) is 0 Å². The molecule has 0 bridgehead atoms. The summed E-state index contributed by atoms with van der Waals surface area (Å²) in [6, 6.07) is 8.54. The molecule has 2 rings (SSSR count). The Bertz CT molecular complexity index is 359. The summed E-state index contributed by atoms with van der Waals surface area (Å²) in [6.07, 6.45) is -0.219. The van der Waals surface area contributed by atoms with Gasteiger partial charge in [-0.05, 0) is 24.6 Å². The van der Waals surface area contributed by atoms with Crippen molar-refractivity contribution in [1.29, 1.82) is 0 Å². The number of rotatable bonds is 4. The molecule has 1 aromatic rings. The van der Waals surface area contributed by atoms with E-state index in [-0.39, 0.29) is 6.10 Å². The first kappa shape index (κ1) is 14.0. The van der Waals surface area contributed by atoms with Gasteiger partial charge in [-0.3, -0.25) is 9.80 Å². The minimum absolute atomic E-state index is 0.219. The van der Waals surface area contributed by atoms with Crippen LogP contribution in [0.2, 0.25) is 0 Å². The molecule has 1 fully saturated rings. The van der Waals surface area contributed by atoms with E-state index in [2.05, 4.69) is 50.0 Å². The zero-order valence-electron chi connectivity index (χ0n) is 10.8. The normalized spacial score (nSPS) is 19.9. The quantitative estimate of drug-likeness (QED) is 0.920. The van der Waals surface area contributed by atoms with E-state index in [1.165, 1.54) is 5.56 Å². The first-order valence-corrected chi connectivity index (χ1v) is 7.30. The molecule has 18 heavy (non-hydrogen) atoms. The Hall–Kier alpha value is -0.420. The molecule has 1 aromatic carbocycles. The van der Waals surface area contributed by atoms with Gasteiger partial charge < -0.3 is 5.11 Å². The molecular weight excluding hydrogens is 292 g/mol. The second kappa shape index (κ2) is 6.66. The first-order chi connectivity index (χ1) is 8.63. The van der Waals surface area contributed by atoms with Crippen LogP contribution in [0.5, 0.6) is 0 Å². The fraction of sp³-hybridized carbons (Fsp3) is 0.571. The Kier molecular flexibility index (Phi) is 5.18. The zero-order chi connectivity index (χ0) is 13.0. The molecule has 0 spiro atoms. The van der Waals surface area contributed by atoms with Crippen LogP contribution in [0.15, 0.2) is 28.7 Å². The van der Waals surface area contributed by atoms with Crippen molar-refractivity contribution < 1.29 is 5.11 Å². The highest BCUT2D eigenvalue weighted by Crippen LogP contribution is 2.13. The maximum atomic E-state index is 9.37.